The standard InChI is InChI=1S/C14H16F2N2O5/c1-7-6-9(20)17-13(22)18(7)12-14(16,4-3-5-15)11(21)10(23-12)8(2)19/h6,8,10-12,19,21H,5H2,1-2H3,(H,17,20,22)/t8-,10?,11?,12-,14-/m1/s1. The minimum absolute atomic E-state index is 0.0614. The molecule has 3 N–H and O–H groups in total. The number of aliphatic hydroxyl groups excluding tert-OH is 2. The van der Waals surface area contributed by atoms with Crippen LogP contribution < -0.4 is 11.2 Å². The summed E-state index contributed by atoms with van der Waals surface area (Å²) in [5.41, 5.74) is -4.43. The molecule has 1 aromatic rings. The van der Waals surface area contributed by atoms with E-state index in [0.29, 0.717) is 0 Å². The number of nitrogens with zero attached hydrogens (tertiary/aromatic N) is 1. The van der Waals surface area contributed by atoms with Crippen molar-refractivity contribution in [2.75, 3.05) is 6.67 Å². The van der Waals surface area contributed by atoms with Gasteiger partial charge in [-0.15, -0.1) is 0 Å². The lowest BCUT2D eigenvalue weighted by Crippen LogP contribution is -2.46. The summed E-state index contributed by atoms with van der Waals surface area (Å²) in [6.07, 6.45) is -6.31. The summed E-state index contributed by atoms with van der Waals surface area (Å²) in [4.78, 5) is 25.2. The SMILES string of the molecule is Cc1cc(=O)[nH]c(=O)n1[C@@H]1OC([C@@H](C)O)C(O)[C@]1(F)C#CCF. The van der Waals surface area contributed by atoms with E-state index < -0.39 is 48.1 Å². The van der Waals surface area contributed by atoms with E-state index in [0.717, 1.165) is 10.6 Å². The Morgan fingerprint density at radius 3 is 2.74 bits per heavy atom. The summed E-state index contributed by atoms with van der Waals surface area (Å²) in [7, 11) is 0. The van der Waals surface area contributed by atoms with E-state index in [1.807, 2.05) is 16.8 Å². The number of rotatable bonds is 2. The summed E-state index contributed by atoms with van der Waals surface area (Å²) < 4.78 is 33.6. The van der Waals surface area contributed by atoms with Crippen LogP contribution in [0.15, 0.2) is 15.7 Å². The summed E-state index contributed by atoms with van der Waals surface area (Å²) in [5.74, 6) is 3.80. The van der Waals surface area contributed by atoms with E-state index in [-0.39, 0.29) is 5.69 Å². The lowest BCUT2D eigenvalue weighted by atomic mass is 9.94. The Morgan fingerprint density at radius 1 is 1.57 bits per heavy atom. The van der Waals surface area contributed by atoms with Crippen molar-refractivity contribution in [3.05, 3.63) is 32.6 Å². The third kappa shape index (κ3) is 2.93. The monoisotopic (exact) mass is 330 g/mol. The number of aromatic amines is 1. The number of nitrogens with one attached hydrogen (secondary N) is 1. The van der Waals surface area contributed by atoms with Gasteiger partial charge in [-0.1, -0.05) is 11.8 Å². The van der Waals surface area contributed by atoms with Crippen LogP contribution >= 0.6 is 0 Å². The summed E-state index contributed by atoms with van der Waals surface area (Å²) in [5, 5.41) is 19.7. The molecule has 0 amide bonds. The molecule has 7 nitrogen and oxygen atoms in total. The van der Waals surface area contributed by atoms with E-state index in [1.54, 1.807) is 0 Å². The molecule has 126 valence electrons. The molecule has 0 radical (unpaired) electrons. The molecule has 1 fully saturated rings. The number of halogens is 2. The Hall–Kier alpha value is -2.02. The van der Waals surface area contributed by atoms with Gasteiger partial charge in [-0.05, 0) is 13.8 Å². The quantitative estimate of drug-likeness (QED) is 0.614. The van der Waals surface area contributed by atoms with Gasteiger partial charge in [0.2, 0.25) is 5.67 Å². The number of hydrogen-bond donors (Lipinski definition) is 3. The Morgan fingerprint density at radius 2 is 2.22 bits per heavy atom. The van der Waals surface area contributed by atoms with Crippen molar-refractivity contribution in [2.45, 2.75) is 44.1 Å². The maximum Gasteiger partial charge on any atom is 0.330 e. The zero-order valence-electron chi connectivity index (χ0n) is 12.4. The first-order valence-electron chi connectivity index (χ1n) is 6.81. The second-order valence-electron chi connectivity index (χ2n) is 5.29. The van der Waals surface area contributed by atoms with Crippen molar-refractivity contribution >= 4 is 0 Å². The van der Waals surface area contributed by atoms with Crippen molar-refractivity contribution < 1.29 is 23.7 Å². The summed E-state index contributed by atoms with van der Waals surface area (Å²) in [6, 6.07) is 1.04. The number of aromatic nitrogens is 2. The van der Waals surface area contributed by atoms with Gasteiger partial charge in [-0.25, -0.2) is 13.6 Å². The van der Waals surface area contributed by atoms with Gasteiger partial charge < -0.3 is 14.9 Å². The van der Waals surface area contributed by atoms with Crippen molar-refractivity contribution in [2.24, 2.45) is 0 Å². The first-order chi connectivity index (χ1) is 10.7. The van der Waals surface area contributed by atoms with Crippen LogP contribution in [0.3, 0.4) is 0 Å². The van der Waals surface area contributed by atoms with E-state index in [1.165, 1.54) is 13.8 Å². The van der Waals surface area contributed by atoms with Crippen molar-refractivity contribution in [3.63, 3.8) is 0 Å². The Kier molecular flexibility index (Phi) is 4.70. The minimum Gasteiger partial charge on any atom is -0.391 e. The highest BCUT2D eigenvalue weighted by Gasteiger charge is 2.59. The molecule has 5 atom stereocenters. The number of aryl methyl sites for hydroxylation is 1. The van der Waals surface area contributed by atoms with Crippen LogP contribution in [-0.4, -0.2) is 50.4 Å². The van der Waals surface area contributed by atoms with E-state index in [9.17, 15) is 24.2 Å². The molecule has 0 bridgehead atoms. The lowest BCUT2D eigenvalue weighted by Gasteiger charge is -2.25. The number of H-pyrrole nitrogens is 1. The fourth-order valence-electron chi connectivity index (χ4n) is 2.55. The van der Waals surface area contributed by atoms with Crippen molar-refractivity contribution in [1.82, 2.24) is 9.55 Å². The van der Waals surface area contributed by atoms with Gasteiger partial charge in [0.1, 0.15) is 18.9 Å². The Balaban J connectivity index is 2.63. The van der Waals surface area contributed by atoms with Gasteiger partial charge in [-0.3, -0.25) is 14.3 Å². The first kappa shape index (κ1) is 17.3. The smallest absolute Gasteiger partial charge is 0.330 e. The fraction of sp³-hybridized carbons (Fsp3) is 0.571. The Bertz CT molecular complexity index is 763. The average molecular weight is 330 g/mol. The molecule has 2 rings (SSSR count). The van der Waals surface area contributed by atoms with Crippen LogP contribution in [-0.2, 0) is 4.74 Å². The molecule has 2 heterocycles. The molecule has 23 heavy (non-hydrogen) atoms. The van der Waals surface area contributed by atoms with Gasteiger partial charge in [0, 0.05) is 11.8 Å². The molecule has 1 aromatic heterocycles. The van der Waals surface area contributed by atoms with E-state index in [2.05, 4.69) is 0 Å². The van der Waals surface area contributed by atoms with Gasteiger partial charge in [0.25, 0.3) is 5.56 Å². The van der Waals surface area contributed by atoms with E-state index >= 15 is 4.39 Å². The molecule has 2 unspecified atom stereocenters. The molecule has 0 saturated carbocycles. The highest BCUT2D eigenvalue weighted by Crippen LogP contribution is 2.42. The third-order valence-electron chi connectivity index (χ3n) is 3.61. The average Bonchev–Trinajstić information content (AvgIpc) is 2.70. The van der Waals surface area contributed by atoms with Crippen LogP contribution in [0.1, 0.15) is 18.8 Å². The molecule has 1 aliphatic heterocycles. The lowest BCUT2D eigenvalue weighted by molar-refractivity contribution is -0.0809. The van der Waals surface area contributed by atoms with Gasteiger partial charge in [0.05, 0.1) is 6.10 Å². The van der Waals surface area contributed by atoms with Crippen LogP contribution in [0, 0.1) is 18.8 Å². The highest BCUT2D eigenvalue weighted by atomic mass is 19.1. The number of hydrogen-bond acceptors (Lipinski definition) is 5. The molecule has 0 spiro atoms. The molecule has 9 heteroatoms. The predicted molar refractivity (Wildman–Crippen MR) is 75.2 cm³/mol. The molecule has 1 aliphatic rings. The largest absolute Gasteiger partial charge is 0.391 e. The zero-order valence-corrected chi connectivity index (χ0v) is 12.4. The minimum atomic E-state index is -2.83. The Labute approximate surface area is 129 Å². The molecule has 0 aromatic carbocycles. The molecular formula is C14H16F2N2O5. The normalized spacial score (nSPS) is 31.5. The van der Waals surface area contributed by atoms with Crippen LogP contribution in [0.5, 0.6) is 0 Å². The maximum absolute atomic E-state index is 15.2. The van der Waals surface area contributed by atoms with Crippen LogP contribution in [0.25, 0.3) is 0 Å². The van der Waals surface area contributed by atoms with Gasteiger partial charge in [-0.2, -0.15) is 0 Å². The topological polar surface area (TPSA) is 105 Å². The fourth-order valence-corrected chi connectivity index (χ4v) is 2.55. The van der Waals surface area contributed by atoms with Gasteiger partial charge in [0.15, 0.2) is 6.23 Å². The zero-order chi connectivity index (χ0) is 17.4. The van der Waals surface area contributed by atoms with Crippen molar-refractivity contribution in [1.29, 1.82) is 0 Å². The molecular weight excluding hydrogens is 314 g/mol. The predicted octanol–water partition coefficient (Wildman–Crippen LogP) is -0.835. The van der Waals surface area contributed by atoms with E-state index in [4.69, 9.17) is 4.74 Å². The maximum atomic E-state index is 15.2. The number of alkyl halides is 2. The highest BCUT2D eigenvalue weighted by molar-refractivity contribution is 5.24. The van der Waals surface area contributed by atoms with Gasteiger partial charge >= 0.3 is 5.69 Å². The number of aliphatic hydroxyl groups is 2. The van der Waals surface area contributed by atoms with Crippen LogP contribution in [0.2, 0.25) is 0 Å². The van der Waals surface area contributed by atoms with Crippen molar-refractivity contribution in [3.8, 4) is 11.8 Å². The second kappa shape index (κ2) is 6.23. The number of ether oxygens (including phenoxy) is 1. The third-order valence-corrected chi connectivity index (χ3v) is 3.61. The second-order valence-corrected chi connectivity index (χ2v) is 5.29. The summed E-state index contributed by atoms with van der Waals surface area (Å²) in [6.45, 7) is 1.47. The first-order valence-corrected chi connectivity index (χ1v) is 6.81. The van der Waals surface area contributed by atoms with Crippen LogP contribution in [0.4, 0.5) is 8.78 Å². The summed E-state index contributed by atoms with van der Waals surface area (Å²) >= 11 is 0. The molecule has 1 saturated heterocycles. The molecule has 0 aliphatic carbocycles.